The van der Waals surface area contributed by atoms with Crippen molar-refractivity contribution in [2.24, 2.45) is 0 Å². The van der Waals surface area contributed by atoms with Crippen LogP contribution in [0.3, 0.4) is 0 Å². The van der Waals surface area contributed by atoms with Gasteiger partial charge < -0.3 is 0 Å². The molecule has 2 aromatic rings. The van der Waals surface area contributed by atoms with Crippen LogP contribution in [-0.2, 0) is 20.0 Å². The van der Waals surface area contributed by atoms with E-state index in [4.69, 9.17) is 0 Å². The van der Waals surface area contributed by atoms with Crippen LogP contribution < -0.4 is 0 Å². The number of hydrogen-bond donors (Lipinski definition) is 0. The van der Waals surface area contributed by atoms with Gasteiger partial charge in [-0.25, -0.2) is 16.8 Å². The molecule has 164 valence electrons. The lowest BCUT2D eigenvalue weighted by Gasteiger charge is -2.33. The molecule has 0 bridgehead atoms. The van der Waals surface area contributed by atoms with Gasteiger partial charge in [-0.2, -0.15) is 8.61 Å². The second kappa shape index (κ2) is 8.22. The fraction of sp³-hybridized carbons (Fsp3) is 0.545. The molecule has 2 heterocycles. The van der Waals surface area contributed by atoms with E-state index in [1.807, 2.05) is 13.8 Å². The van der Waals surface area contributed by atoms with Crippen molar-refractivity contribution in [1.29, 1.82) is 0 Å². The molecular formula is C22H30N2O4S2. The molecule has 0 aromatic heterocycles. The van der Waals surface area contributed by atoms with E-state index < -0.39 is 20.0 Å². The quantitative estimate of drug-likeness (QED) is 0.706. The van der Waals surface area contributed by atoms with Gasteiger partial charge in [0.05, 0.1) is 9.79 Å². The van der Waals surface area contributed by atoms with Gasteiger partial charge in [0.15, 0.2) is 0 Å². The van der Waals surface area contributed by atoms with Gasteiger partial charge in [-0.05, 0) is 51.7 Å². The first kappa shape index (κ1) is 21.7. The van der Waals surface area contributed by atoms with Gasteiger partial charge in [0.2, 0.25) is 20.0 Å². The summed E-state index contributed by atoms with van der Waals surface area (Å²) in [6, 6.07) is 9.83. The Bertz CT molecular complexity index is 1050. The number of nitrogens with zero attached hydrogens (tertiary/aromatic N) is 2. The highest BCUT2D eigenvalue weighted by atomic mass is 32.2. The van der Waals surface area contributed by atoms with Gasteiger partial charge in [-0.15, -0.1) is 0 Å². The van der Waals surface area contributed by atoms with E-state index in [0.29, 0.717) is 23.9 Å². The molecule has 0 aliphatic carbocycles. The lowest BCUT2D eigenvalue weighted by atomic mass is 10.1. The van der Waals surface area contributed by atoms with Crippen LogP contribution in [0, 0.1) is 0 Å². The second-order valence-corrected chi connectivity index (χ2v) is 12.2. The minimum atomic E-state index is -3.71. The number of fused-ring (bicyclic) bond motifs is 1. The van der Waals surface area contributed by atoms with Gasteiger partial charge in [-0.3, -0.25) is 0 Å². The Morgan fingerprint density at radius 1 is 0.667 bits per heavy atom. The Balaban J connectivity index is 1.85. The molecule has 6 nitrogen and oxygen atoms in total. The first-order valence-corrected chi connectivity index (χ1v) is 13.7. The van der Waals surface area contributed by atoms with E-state index >= 15 is 0 Å². The highest BCUT2D eigenvalue weighted by Gasteiger charge is 2.35. The molecule has 0 N–H and O–H groups in total. The van der Waals surface area contributed by atoms with E-state index in [-0.39, 0.29) is 21.9 Å². The summed E-state index contributed by atoms with van der Waals surface area (Å²) in [5, 5.41) is 0.946. The highest BCUT2D eigenvalue weighted by Crippen LogP contribution is 2.34. The van der Waals surface area contributed by atoms with Gasteiger partial charge in [0.25, 0.3) is 0 Å². The summed E-state index contributed by atoms with van der Waals surface area (Å²) in [5.41, 5.74) is 0. The number of benzene rings is 2. The zero-order valence-electron chi connectivity index (χ0n) is 17.6. The maximum absolute atomic E-state index is 13.5. The molecule has 0 amide bonds. The van der Waals surface area contributed by atoms with Gasteiger partial charge >= 0.3 is 0 Å². The predicted molar refractivity (Wildman–Crippen MR) is 118 cm³/mol. The molecule has 0 saturated carbocycles. The fourth-order valence-corrected chi connectivity index (χ4v) is 8.63. The number of piperidine rings is 2. The molecule has 8 heteroatoms. The Labute approximate surface area is 180 Å². The first-order valence-electron chi connectivity index (χ1n) is 10.8. The predicted octanol–water partition coefficient (Wildman–Crippen LogP) is 3.97. The zero-order chi connectivity index (χ0) is 21.5. The maximum atomic E-state index is 13.5. The molecule has 0 spiro atoms. The molecule has 2 fully saturated rings. The minimum absolute atomic E-state index is 0.0554. The molecular weight excluding hydrogens is 420 g/mol. The maximum Gasteiger partial charge on any atom is 0.243 e. The third kappa shape index (κ3) is 3.68. The van der Waals surface area contributed by atoms with Crippen LogP contribution in [0.5, 0.6) is 0 Å². The van der Waals surface area contributed by atoms with Crippen LogP contribution in [0.2, 0.25) is 0 Å². The van der Waals surface area contributed by atoms with E-state index in [1.54, 1.807) is 45.0 Å². The van der Waals surface area contributed by atoms with Crippen LogP contribution in [0.15, 0.2) is 46.2 Å². The number of sulfonamides is 2. The monoisotopic (exact) mass is 450 g/mol. The van der Waals surface area contributed by atoms with Gasteiger partial charge in [0.1, 0.15) is 0 Å². The van der Waals surface area contributed by atoms with E-state index in [2.05, 4.69) is 0 Å². The molecule has 2 aliphatic rings. The van der Waals surface area contributed by atoms with Crippen molar-refractivity contribution >= 4 is 30.8 Å². The van der Waals surface area contributed by atoms with Crippen LogP contribution >= 0.6 is 0 Å². The molecule has 2 aliphatic heterocycles. The third-order valence-electron chi connectivity index (χ3n) is 6.50. The fourth-order valence-electron chi connectivity index (χ4n) is 4.81. The Morgan fingerprint density at radius 2 is 1.07 bits per heavy atom. The zero-order valence-corrected chi connectivity index (χ0v) is 19.3. The largest absolute Gasteiger partial charge is 0.243 e. The topological polar surface area (TPSA) is 74.8 Å². The van der Waals surface area contributed by atoms with Crippen LogP contribution in [0.4, 0.5) is 0 Å². The molecule has 2 atom stereocenters. The molecule has 2 aromatic carbocycles. The van der Waals surface area contributed by atoms with Crippen molar-refractivity contribution < 1.29 is 16.8 Å². The summed E-state index contributed by atoms with van der Waals surface area (Å²) >= 11 is 0. The summed E-state index contributed by atoms with van der Waals surface area (Å²) in [5.74, 6) is 0. The average molecular weight is 451 g/mol. The molecule has 2 saturated heterocycles. The van der Waals surface area contributed by atoms with Crippen molar-refractivity contribution in [3.05, 3.63) is 36.4 Å². The number of hydrogen-bond acceptors (Lipinski definition) is 4. The van der Waals surface area contributed by atoms with E-state index in [1.165, 1.54) is 0 Å². The first-order chi connectivity index (χ1) is 14.2. The van der Waals surface area contributed by atoms with E-state index in [9.17, 15) is 16.8 Å². The highest BCUT2D eigenvalue weighted by molar-refractivity contribution is 7.89. The third-order valence-corrected chi connectivity index (χ3v) is 10.6. The van der Waals surface area contributed by atoms with Crippen molar-refractivity contribution in [2.75, 3.05) is 13.1 Å². The lowest BCUT2D eigenvalue weighted by molar-refractivity contribution is 0.268. The normalized spacial score (nSPS) is 24.9. The molecule has 30 heavy (non-hydrogen) atoms. The summed E-state index contributed by atoms with van der Waals surface area (Å²) < 4.78 is 57.1. The van der Waals surface area contributed by atoms with Crippen LogP contribution in [-0.4, -0.2) is 50.6 Å². The molecule has 0 unspecified atom stereocenters. The van der Waals surface area contributed by atoms with Crippen molar-refractivity contribution in [3.63, 3.8) is 0 Å². The smallest absolute Gasteiger partial charge is 0.207 e. The van der Waals surface area contributed by atoms with Crippen LogP contribution in [0.25, 0.3) is 10.8 Å². The Hall–Kier alpha value is -1.48. The van der Waals surface area contributed by atoms with Gasteiger partial charge in [0, 0.05) is 35.9 Å². The summed E-state index contributed by atoms with van der Waals surface area (Å²) in [4.78, 5) is 0.384. The Morgan fingerprint density at radius 3 is 1.43 bits per heavy atom. The lowest BCUT2D eigenvalue weighted by Crippen LogP contribution is -2.42. The number of rotatable bonds is 4. The molecule has 4 rings (SSSR count). The SMILES string of the molecule is C[C@@H]1CCCCN1S(=O)(=O)c1cccc2c(S(=O)(=O)N3CCCC[C@@H]3C)cccc12. The molecule has 0 radical (unpaired) electrons. The minimum Gasteiger partial charge on any atom is -0.207 e. The summed E-state index contributed by atoms with van der Waals surface area (Å²) in [6.45, 7) is 4.89. The standard InChI is InChI=1S/C22H30N2O4S2/c1-17-9-3-5-15-23(17)29(25,26)21-13-7-12-20-19(21)11-8-14-22(20)30(27,28)24-16-6-4-10-18(24)2/h7-8,11-14,17-18H,3-6,9-10,15-16H2,1-2H3/t17-,18+. The summed E-state index contributed by atoms with van der Waals surface area (Å²) in [7, 11) is -7.42. The van der Waals surface area contributed by atoms with Crippen molar-refractivity contribution in [2.45, 2.75) is 74.2 Å². The van der Waals surface area contributed by atoms with Crippen molar-refractivity contribution in [3.8, 4) is 0 Å². The Kier molecular flexibility index (Phi) is 5.96. The van der Waals surface area contributed by atoms with Crippen molar-refractivity contribution in [1.82, 2.24) is 8.61 Å². The average Bonchev–Trinajstić information content (AvgIpc) is 2.73. The van der Waals surface area contributed by atoms with E-state index in [0.717, 1.165) is 38.5 Å². The van der Waals surface area contributed by atoms with Crippen LogP contribution in [0.1, 0.15) is 52.4 Å². The second-order valence-electron chi connectivity index (χ2n) is 8.53. The van der Waals surface area contributed by atoms with Gasteiger partial charge in [-0.1, -0.05) is 37.1 Å². The summed E-state index contributed by atoms with van der Waals surface area (Å²) in [6.07, 6.45) is 5.44.